The van der Waals surface area contributed by atoms with Crippen LogP contribution in [0.5, 0.6) is 0 Å². The van der Waals surface area contributed by atoms with Gasteiger partial charge < -0.3 is 15.3 Å². The summed E-state index contributed by atoms with van der Waals surface area (Å²) >= 11 is 1.53. The highest BCUT2D eigenvalue weighted by Crippen LogP contribution is 2.15. The predicted octanol–water partition coefficient (Wildman–Crippen LogP) is 2.24. The minimum absolute atomic E-state index is 0.0684. The fraction of sp³-hybridized carbons (Fsp3) is 0.615. The topological polar surface area (TPSA) is 82.5 Å². The van der Waals surface area contributed by atoms with E-state index in [2.05, 4.69) is 10.3 Å². The number of carboxylic acid groups (broad SMARTS) is 1. The van der Waals surface area contributed by atoms with Gasteiger partial charge in [0.15, 0.2) is 0 Å². The molecule has 1 rings (SSSR count). The Morgan fingerprint density at radius 2 is 2.10 bits per heavy atom. The molecule has 20 heavy (non-hydrogen) atoms. The molecule has 0 spiro atoms. The van der Waals surface area contributed by atoms with Gasteiger partial charge in [0, 0.05) is 23.2 Å². The summed E-state index contributed by atoms with van der Waals surface area (Å²) in [5.41, 5.74) is -0.432. The van der Waals surface area contributed by atoms with E-state index in [1.807, 2.05) is 27.7 Å². The van der Waals surface area contributed by atoms with E-state index in [4.69, 9.17) is 5.11 Å². The average Bonchev–Trinajstić information content (AvgIpc) is 2.70. The lowest BCUT2D eigenvalue weighted by Crippen LogP contribution is -2.50. The molecule has 0 radical (unpaired) electrons. The molecule has 2 N–H and O–H groups in total. The van der Waals surface area contributed by atoms with Crippen molar-refractivity contribution in [1.82, 2.24) is 15.2 Å². The second-order valence-electron chi connectivity index (χ2n) is 5.49. The van der Waals surface area contributed by atoms with Crippen molar-refractivity contribution in [2.45, 2.75) is 46.2 Å². The Morgan fingerprint density at radius 1 is 1.45 bits per heavy atom. The molecule has 0 fully saturated rings. The number of carboxylic acids is 1. The lowest BCUT2D eigenvalue weighted by molar-refractivity contribution is -0.137. The van der Waals surface area contributed by atoms with E-state index in [9.17, 15) is 9.59 Å². The van der Waals surface area contributed by atoms with E-state index < -0.39 is 11.5 Å². The average molecular weight is 299 g/mol. The van der Waals surface area contributed by atoms with Crippen LogP contribution < -0.4 is 5.32 Å². The van der Waals surface area contributed by atoms with Gasteiger partial charge in [0.2, 0.25) is 0 Å². The van der Waals surface area contributed by atoms with Crippen LogP contribution in [0.15, 0.2) is 6.20 Å². The van der Waals surface area contributed by atoms with Crippen molar-refractivity contribution >= 4 is 23.3 Å². The fourth-order valence-electron chi connectivity index (χ4n) is 1.68. The second kappa shape index (κ2) is 6.69. The number of amides is 2. The summed E-state index contributed by atoms with van der Waals surface area (Å²) in [6.45, 7) is 8.13. The molecule has 0 aliphatic carbocycles. The Hall–Kier alpha value is -1.63. The fourth-order valence-corrected chi connectivity index (χ4v) is 2.41. The first-order valence-electron chi connectivity index (χ1n) is 6.38. The number of aromatic nitrogens is 1. The van der Waals surface area contributed by atoms with Crippen LogP contribution in [0.3, 0.4) is 0 Å². The van der Waals surface area contributed by atoms with Crippen LogP contribution in [0, 0.1) is 6.92 Å². The smallest absolute Gasteiger partial charge is 0.318 e. The van der Waals surface area contributed by atoms with Crippen LogP contribution in [0.2, 0.25) is 0 Å². The van der Waals surface area contributed by atoms with Crippen LogP contribution in [-0.4, -0.2) is 39.1 Å². The quantitative estimate of drug-likeness (QED) is 0.873. The number of aryl methyl sites for hydroxylation is 1. The predicted molar refractivity (Wildman–Crippen MR) is 77.8 cm³/mol. The number of rotatable bonds is 5. The van der Waals surface area contributed by atoms with Gasteiger partial charge in [-0.05, 0) is 27.7 Å². The summed E-state index contributed by atoms with van der Waals surface area (Å²) in [4.78, 5) is 29.6. The van der Waals surface area contributed by atoms with Crippen molar-refractivity contribution in [3.8, 4) is 0 Å². The van der Waals surface area contributed by atoms with Crippen molar-refractivity contribution in [1.29, 1.82) is 0 Å². The van der Waals surface area contributed by atoms with Gasteiger partial charge in [0.1, 0.15) is 5.01 Å². The monoisotopic (exact) mass is 299 g/mol. The van der Waals surface area contributed by atoms with Crippen LogP contribution in [-0.2, 0) is 11.3 Å². The molecule has 1 aromatic rings. The van der Waals surface area contributed by atoms with Crippen LogP contribution in [0.4, 0.5) is 4.79 Å². The number of thiazole rings is 1. The number of hydrogen-bond acceptors (Lipinski definition) is 4. The van der Waals surface area contributed by atoms with Crippen molar-refractivity contribution in [2.24, 2.45) is 0 Å². The number of nitrogens with zero attached hydrogens (tertiary/aromatic N) is 2. The molecule has 6 nitrogen and oxygen atoms in total. The first kappa shape index (κ1) is 16.4. The lowest BCUT2D eigenvalue weighted by atomic mass is 10.1. The zero-order chi connectivity index (χ0) is 15.3. The largest absolute Gasteiger partial charge is 0.481 e. The molecule has 0 atom stereocenters. The Bertz CT molecular complexity index is 479. The van der Waals surface area contributed by atoms with E-state index in [1.54, 1.807) is 6.20 Å². The van der Waals surface area contributed by atoms with Gasteiger partial charge >= 0.3 is 12.0 Å². The summed E-state index contributed by atoms with van der Waals surface area (Å²) in [7, 11) is 0. The summed E-state index contributed by atoms with van der Waals surface area (Å²) in [6, 6.07) is -0.272. The second-order valence-corrected chi connectivity index (χ2v) is 6.81. The Balaban J connectivity index is 2.61. The van der Waals surface area contributed by atoms with Crippen LogP contribution in [0.1, 0.15) is 37.1 Å². The normalized spacial score (nSPS) is 11.2. The van der Waals surface area contributed by atoms with Crippen molar-refractivity contribution in [2.75, 3.05) is 6.54 Å². The highest BCUT2D eigenvalue weighted by molar-refractivity contribution is 7.11. The SMILES string of the molecule is Cc1cnc(CNC(=O)N(CCC(=O)O)C(C)(C)C)s1. The number of urea groups is 1. The molecular weight excluding hydrogens is 278 g/mol. The van der Waals surface area contributed by atoms with Gasteiger partial charge in [0.05, 0.1) is 13.0 Å². The van der Waals surface area contributed by atoms with Crippen molar-refractivity contribution < 1.29 is 14.7 Å². The highest BCUT2D eigenvalue weighted by atomic mass is 32.1. The summed E-state index contributed by atoms with van der Waals surface area (Å²) in [5, 5.41) is 12.4. The summed E-state index contributed by atoms with van der Waals surface area (Å²) < 4.78 is 0. The molecule has 2 amide bonds. The molecule has 1 heterocycles. The van der Waals surface area contributed by atoms with E-state index in [1.165, 1.54) is 16.2 Å². The van der Waals surface area contributed by atoms with E-state index in [0.29, 0.717) is 6.54 Å². The molecule has 0 bridgehead atoms. The molecule has 0 aromatic carbocycles. The van der Waals surface area contributed by atoms with Gasteiger partial charge in [-0.2, -0.15) is 0 Å². The van der Waals surface area contributed by atoms with Crippen LogP contribution >= 0.6 is 11.3 Å². The number of aliphatic carboxylic acids is 1. The van der Waals surface area contributed by atoms with Gasteiger partial charge in [-0.3, -0.25) is 4.79 Å². The maximum absolute atomic E-state index is 12.2. The van der Waals surface area contributed by atoms with Gasteiger partial charge in [0.25, 0.3) is 0 Å². The first-order valence-corrected chi connectivity index (χ1v) is 7.20. The molecule has 7 heteroatoms. The Labute approximate surface area is 122 Å². The van der Waals surface area contributed by atoms with E-state index in [0.717, 1.165) is 9.88 Å². The first-order chi connectivity index (χ1) is 9.20. The number of carbonyl (C=O) groups excluding carboxylic acids is 1. The molecule has 1 aromatic heterocycles. The molecule has 0 aliphatic rings. The van der Waals surface area contributed by atoms with Crippen molar-refractivity contribution in [3.05, 3.63) is 16.1 Å². The molecule has 0 aliphatic heterocycles. The molecular formula is C13H21N3O3S. The molecule has 0 unspecified atom stereocenters. The molecule has 0 saturated heterocycles. The maximum Gasteiger partial charge on any atom is 0.318 e. The standard InChI is InChI=1S/C13H21N3O3S/c1-9-7-14-10(20-9)8-15-12(19)16(13(2,3)4)6-5-11(17)18/h7H,5-6,8H2,1-4H3,(H,15,19)(H,17,18). The minimum Gasteiger partial charge on any atom is -0.481 e. The Morgan fingerprint density at radius 3 is 2.55 bits per heavy atom. The van der Waals surface area contributed by atoms with Gasteiger partial charge in [-0.1, -0.05) is 0 Å². The van der Waals surface area contributed by atoms with Crippen molar-refractivity contribution in [3.63, 3.8) is 0 Å². The highest BCUT2D eigenvalue weighted by Gasteiger charge is 2.26. The number of nitrogens with one attached hydrogen (secondary N) is 1. The minimum atomic E-state index is -0.914. The molecule has 112 valence electrons. The van der Waals surface area contributed by atoms with Crippen LogP contribution in [0.25, 0.3) is 0 Å². The zero-order valence-electron chi connectivity index (χ0n) is 12.3. The summed E-state index contributed by atoms with van der Waals surface area (Å²) in [5.74, 6) is -0.914. The number of carbonyl (C=O) groups is 2. The lowest BCUT2D eigenvalue weighted by Gasteiger charge is -2.35. The number of hydrogen-bond donors (Lipinski definition) is 2. The maximum atomic E-state index is 12.2. The third-order valence-electron chi connectivity index (χ3n) is 2.66. The summed E-state index contributed by atoms with van der Waals surface area (Å²) in [6.07, 6.45) is 1.69. The Kier molecular flexibility index (Phi) is 5.50. The van der Waals surface area contributed by atoms with E-state index >= 15 is 0 Å². The third kappa shape index (κ3) is 5.16. The molecule has 0 saturated carbocycles. The third-order valence-corrected chi connectivity index (χ3v) is 3.58. The zero-order valence-corrected chi connectivity index (χ0v) is 13.1. The van der Waals surface area contributed by atoms with Gasteiger partial charge in [-0.15, -0.1) is 11.3 Å². The van der Waals surface area contributed by atoms with Gasteiger partial charge in [-0.25, -0.2) is 9.78 Å². The van der Waals surface area contributed by atoms with E-state index in [-0.39, 0.29) is 19.0 Å².